The van der Waals surface area contributed by atoms with Gasteiger partial charge in [-0.1, -0.05) is 0 Å². The van der Waals surface area contributed by atoms with Crippen LogP contribution in [0.15, 0.2) is 42.7 Å². The molecule has 0 unspecified atom stereocenters. The number of aromatic nitrogens is 2. The lowest BCUT2D eigenvalue weighted by molar-refractivity contribution is 0.312. The normalized spacial score (nSPS) is 18.1. The quantitative estimate of drug-likeness (QED) is 0.669. The summed E-state index contributed by atoms with van der Waals surface area (Å²) in [6, 6.07) is 11.3. The van der Waals surface area contributed by atoms with Gasteiger partial charge in [-0.3, -0.25) is 4.98 Å². The highest BCUT2D eigenvalue weighted by Gasteiger charge is 2.23. The molecule has 0 N–H and O–H groups in total. The van der Waals surface area contributed by atoms with E-state index in [2.05, 4.69) is 69.9 Å². The predicted octanol–water partition coefficient (Wildman–Crippen LogP) is 4.64. The Morgan fingerprint density at radius 2 is 1.82 bits per heavy atom. The van der Waals surface area contributed by atoms with Gasteiger partial charge in [0.25, 0.3) is 0 Å². The maximum Gasteiger partial charge on any atom is 0.0530 e. The number of hydrogen-bond donors (Lipinski definition) is 0. The van der Waals surface area contributed by atoms with Crippen molar-refractivity contribution < 1.29 is 0 Å². The lowest BCUT2D eigenvalue weighted by atomic mass is 10.0. The third-order valence-electron chi connectivity index (χ3n) is 6.29. The SMILES string of the molecule is C/C(=C\n1c2c(c3cc(N4CCCC4)ccc31)CN(C)CC2)c1ccncc1. The van der Waals surface area contributed by atoms with E-state index in [0.717, 1.165) is 19.5 Å². The summed E-state index contributed by atoms with van der Waals surface area (Å²) >= 11 is 0. The van der Waals surface area contributed by atoms with E-state index in [1.807, 2.05) is 12.4 Å². The first-order chi connectivity index (χ1) is 13.7. The number of benzene rings is 1. The van der Waals surface area contributed by atoms with Crippen LogP contribution >= 0.6 is 0 Å². The summed E-state index contributed by atoms with van der Waals surface area (Å²) in [7, 11) is 2.23. The molecule has 0 radical (unpaired) electrons. The van der Waals surface area contributed by atoms with Crippen molar-refractivity contribution in [1.29, 1.82) is 0 Å². The largest absolute Gasteiger partial charge is 0.372 e. The van der Waals surface area contributed by atoms with Crippen molar-refractivity contribution in [2.45, 2.75) is 32.7 Å². The zero-order chi connectivity index (χ0) is 19.1. The molecular weight excluding hydrogens is 344 g/mol. The number of allylic oxidation sites excluding steroid dienone is 1. The van der Waals surface area contributed by atoms with Crippen molar-refractivity contribution >= 4 is 28.4 Å². The molecule has 4 nitrogen and oxygen atoms in total. The summed E-state index contributed by atoms with van der Waals surface area (Å²) < 4.78 is 2.45. The molecule has 0 bridgehead atoms. The van der Waals surface area contributed by atoms with Crippen LogP contribution in [0.25, 0.3) is 22.7 Å². The van der Waals surface area contributed by atoms with Crippen molar-refractivity contribution in [3.8, 4) is 0 Å². The second kappa shape index (κ2) is 7.10. The number of pyridine rings is 1. The predicted molar refractivity (Wildman–Crippen MR) is 118 cm³/mol. The van der Waals surface area contributed by atoms with Gasteiger partial charge < -0.3 is 14.4 Å². The van der Waals surface area contributed by atoms with Crippen LogP contribution in [0.2, 0.25) is 0 Å². The van der Waals surface area contributed by atoms with Crippen LogP contribution < -0.4 is 4.90 Å². The van der Waals surface area contributed by atoms with Gasteiger partial charge in [-0.05, 0) is 73.8 Å². The van der Waals surface area contributed by atoms with Crippen LogP contribution in [0, 0.1) is 0 Å². The summed E-state index contributed by atoms with van der Waals surface area (Å²) in [6.07, 6.45) is 9.78. The fraction of sp³-hybridized carbons (Fsp3) is 0.375. The molecule has 1 fully saturated rings. The summed E-state index contributed by atoms with van der Waals surface area (Å²) in [5.74, 6) is 0. The first-order valence-corrected chi connectivity index (χ1v) is 10.4. The van der Waals surface area contributed by atoms with Gasteiger partial charge >= 0.3 is 0 Å². The topological polar surface area (TPSA) is 24.3 Å². The molecule has 2 aliphatic heterocycles. The molecule has 0 saturated carbocycles. The Hall–Kier alpha value is -2.59. The molecule has 3 aromatic rings. The summed E-state index contributed by atoms with van der Waals surface area (Å²) in [5.41, 5.74) is 8.19. The molecule has 28 heavy (non-hydrogen) atoms. The summed E-state index contributed by atoms with van der Waals surface area (Å²) in [5, 5.41) is 1.42. The Balaban J connectivity index is 1.66. The Morgan fingerprint density at radius 1 is 1.04 bits per heavy atom. The molecule has 5 rings (SSSR count). The first-order valence-electron chi connectivity index (χ1n) is 10.4. The highest BCUT2D eigenvalue weighted by Crippen LogP contribution is 2.35. The Labute approximate surface area is 167 Å². The molecule has 0 aliphatic carbocycles. The first kappa shape index (κ1) is 17.5. The average molecular weight is 373 g/mol. The highest BCUT2D eigenvalue weighted by molar-refractivity contribution is 5.92. The molecule has 0 amide bonds. The maximum absolute atomic E-state index is 4.16. The molecule has 4 heteroatoms. The molecule has 144 valence electrons. The minimum Gasteiger partial charge on any atom is -0.372 e. The lowest BCUT2D eigenvalue weighted by Crippen LogP contribution is -2.26. The average Bonchev–Trinajstić information content (AvgIpc) is 3.36. The summed E-state index contributed by atoms with van der Waals surface area (Å²) in [6.45, 7) is 6.72. The Morgan fingerprint density at radius 3 is 2.61 bits per heavy atom. The third-order valence-corrected chi connectivity index (χ3v) is 6.29. The number of nitrogens with zero attached hydrogens (tertiary/aromatic N) is 4. The van der Waals surface area contributed by atoms with E-state index in [4.69, 9.17) is 0 Å². The Bertz CT molecular complexity index is 1030. The van der Waals surface area contributed by atoms with Gasteiger partial charge in [0.2, 0.25) is 0 Å². The molecule has 0 spiro atoms. The van der Waals surface area contributed by atoms with Crippen molar-refractivity contribution in [3.63, 3.8) is 0 Å². The van der Waals surface area contributed by atoms with Gasteiger partial charge in [0, 0.05) is 68.0 Å². The van der Waals surface area contributed by atoms with Gasteiger partial charge in [-0.2, -0.15) is 0 Å². The van der Waals surface area contributed by atoms with E-state index in [-0.39, 0.29) is 0 Å². The van der Waals surface area contributed by atoms with E-state index in [1.165, 1.54) is 64.9 Å². The standard InChI is InChI=1S/C24H28N4/c1-18(19-7-10-25-11-8-19)16-28-23-6-5-20(27-12-3-4-13-27)15-21(23)22-17-26(2)14-9-24(22)28/h5-8,10-11,15-16H,3-4,9,12-14,17H2,1-2H3/b18-16+. The molecule has 1 aromatic carbocycles. The van der Waals surface area contributed by atoms with E-state index in [9.17, 15) is 0 Å². The zero-order valence-electron chi connectivity index (χ0n) is 16.9. The van der Waals surface area contributed by atoms with Gasteiger partial charge in [0.05, 0.1) is 5.52 Å². The Kier molecular flexibility index (Phi) is 4.44. The smallest absolute Gasteiger partial charge is 0.0530 e. The highest BCUT2D eigenvalue weighted by atomic mass is 15.1. The number of anilines is 1. The number of hydrogen-bond acceptors (Lipinski definition) is 3. The second-order valence-electron chi connectivity index (χ2n) is 8.23. The molecule has 4 heterocycles. The maximum atomic E-state index is 4.16. The minimum atomic E-state index is 1.03. The number of fused-ring (bicyclic) bond motifs is 3. The van der Waals surface area contributed by atoms with Crippen LogP contribution in [0.4, 0.5) is 5.69 Å². The van der Waals surface area contributed by atoms with Gasteiger partial charge in [0.15, 0.2) is 0 Å². The second-order valence-corrected chi connectivity index (χ2v) is 8.23. The van der Waals surface area contributed by atoms with E-state index >= 15 is 0 Å². The minimum absolute atomic E-state index is 1.03. The van der Waals surface area contributed by atoms with Gasteiger partial charge in [-0.15, -0.1) is 0 Å². The zero-order valence-corrected chi connectivity index (χ0v) is 16.9. The van der Waals surface area contributed by atoms with Gasteiger partial charge in [0.1, 0.15) is 0 Å². The molecule has 0 atom stereocenters. The van der Waals surface area contributed by atoms with Crippen molar-refractivity contribution in [1.82, 2.24) is 14.5 Å². The van der Waals surface area contributed by atoms with E-state index in [0.29, 0.717) is 0 Å². The van der Waals surface area contributed by atoms with Gasteiger partial charge in [-0.25, -0.2) is 0 Å². The molecule has 2 aromatic heterocycles. The fourth-order valence-electron chi connectivity index (χ4n) is 4.72. The van der Waals surface area contributed by atoms with Crippen LogP contribution in [-0.4, -0.2) is 41.1 Å². The fourth-order valence-corrected chi connectivity index (χ4v) is 4.72. The molecular formula is C24H28N4. The van der Waals surface area contributed by atoms with Crippen LogP contribution in [-0.2, 0) is 13.0 Å². The van der Waals surface area contributed by atoms with Crippen LogP contribution in [0.1, 0.15) is 36.6 Å². The van der Waals surface area contributed by atoms with Crippen LogP contribution in [0.3, 0.4) is 0 Å². The molecule has 1 saturated heterocycles. The number of likely N-dealkylation sites (N-methyl/N-ethyl adjacent to an activating group) is 1. The number of rotatable bonds is 3. The van der Waals surface area contributed by atoms with Crippen molar-refractivity contribution in [3.05, 3.63) is 59.5 Å². The van der Waals surface area contributed by atoms with Crippen LogP contribution in [0.5, 0.6) is 0 Å². The summed E-state index contributed by atoms with van der Waals surface area (Å²) in [4.78, 5) is 9.13. The van der Waals surface area contributed by atoms with E-state index in [1.54, 1.807) is 0 Å². The van der Waals surface area contributed by atoms with E-state index < -0.39 is 0 Å². The lowest BCUT2D eigenvalue weighted by Gasteiger charge is -2.24. The monoisotopic (exact) mass is 372 g/mol. The third kappa shape index (κ3) is 3.02. The van der Waals surface area contributed by atoms with Crippen molar-refractivity contribution in [2.75, 3.05) is 31.6 Å². The molecule has 2 aliphatic rings. The van der Waals surface area contributed by atoms with Crippen molar-refractivity contribution in [2.24, 2.45) is 0 Å².